The van der Waals surface area contributed by atoms with Crippen molar-refractivity contribution in [2.45, 2.75) is 25.8 Å². The molecule has 0 saturated heterocycles. The van der Waals surface area contributed by atoms with Gasteiger partial charge in [0.05, 0.1) is 15.8 Å². The van der Waals surface area contributed by atoms with Gasteiger partial charge in [0.2, 0.25) is 0 Å². The highest BCUT2D eigenvalue weighted by Crippen LogP contribution is 2.21. The van der Waals surface area contributed by atoms with E-state index in [1.165, 1.54) is 6.07 Å². The van der Waals surface area contributed by atoms with Crippen molar-refractivity contribution < 1.29 is 14.8 Å². The Bertz CT molecular complexity index is 640. The fraction of sp³-hybridized carbons (Fsp3) is 0.250. The fourth-order valence-electron chi connectivity index (χ4n) is 2.16. The molecule has 116 valence electrons. The van der Waals surface area contributed by atoms with E-state index < -0.39 is 5.91 Å². The second-order valence-corrected chi connectivity index (χ2v) is 5.91. The van der Waals surface area contributed by atoms with Gasteiger partial charge in [-0.1, -0.05) is 43.7 Å². The molecule has 2 aromatic rings. The van der Waals surface area contributed by atoms with E-state index in [2.05, 4.69) is 12.2 Å². The molecule has 22 heavy (non-hydrogen) atoms. The summed E-state index contributed by atoms with van der Waals surface area (Å²) in [6.45, 7) is 2.07. The third-order valence-corrected chi connectivity index (χ3v) is 4.32. The molecule has 0 aliphatic rings. The summed E-state index contributed by atoms with van der Waals surface area (Å²) in [5.74, 6) is -0.832. The number of carbonyl (C=O) groups excluding carboxylic acids is 2. The zero-order valence-electron chi connectivity index (χ0n) is 12.2. The summed E-state index contributed by atoms with van der Waals surface area (Å²) in [6.07, 6.45) is 1.79. The van der Waals surface area contributed by atoms with Crippen molar-refractivity contribution >= 4 is 23.2 Å². The van der Waals surface area contributed by atoms with Crippen LogP contribution in [-0.2, 0) is 0 Å². The van der Waals surface area contributed by atoms with E-state index in [1.54, 1.807) is 11.5 Å². The molecule has 5 nitrogen and oxygen atoms in total. The first-order chi connectivity index (χ1) is 10.7. The number of hydroxylamine groups is 1. The summed E-state index contributed by atoms with van der Waals surface area (Å²) >= 11 is 1.04. The number of thiophene rings is 1. The van der Waals surface area contributed by atoms with Crippen molar-refractivity contribution in [3.05, 3.63) is 57.8 Å². The van der Waals surface area contributed by atoms with Gasteiger partial charge in [-0.3, -0.25) is 14.8 Å². The lowest BCUT2D eigenvalue weighted by molar-refractivity contribution is 0.0711. The monoisotopic (exact) mass is 318 g/mol. The van der Waals surface area contributed by atoms with Crippen molar-refractivity contribution in [3.8, 4) is 0 Å². The highest BCUT2D eigenvalue weighted by Gasteiger charge is 2.17. The Kier molecular flexibility index (Phi) is 5.68. The second kappa shape index (κ2) is 7.72. The first-order valence-corrected chi connectivity index (χ1v) is 7.87. The summed E-state index contributed by atoms with van der Waals surface area (Å²) in [5, 5.41) is 11.6. The van der Waals surface area contributed by atoms with E-state index in [4.69, 9.17) is 5.21 Å². The quantitative estimate of drug-likeness (QED) is 0.565. The third kappa shape index (κ3) is 3.93. The van der Waals surface area contributed by atoms with Gasteiger partial charge in [0, 0.05) is 0 Å². The Hall–Kier alpha value is -2.18. The topological polar surface area (TPSA) is 78.4 Å². The van der Waals surface area contributed by atoms with E-state index in [1.807, 2.05) is 30.3 Å². The summed E-state index contributed by atoms with van der Waals surface area (Å²) in [5.41, 5.74) is 2.62. The van der Waals surface area contributed by atoms with Crippen molar-refractivity contribution in [1.29, 1.82) is 0 Å². The van der Waals surface area contributed by atoms with Gasteiger partial charge in [-0.25, -0.2) is 5.48 Å². The molecule has 1 aromatic carbocycles. The number of amides is 2. The van der Waals surface area contributed by atoms with Crippen LogP contribution in [0.15, 0.2) is 42.5 Å². The summed E-state index contributed by atoms with van der Waals surface area (Å²) in [7, 11) is 0. The van der Waals surface area contributed by atoms with E-state index in [-0.39, 0.29) is 11.9 Å². The molecule has 0 fully saturated rings. The third-order valence-electron chi connectivity index (χ3n) is 3.24. The zero-order valence-corrected chi connectivity index (χ0v) is 13.0. The summed E-state index contributed by atoms with van der Waals surface area (Å²) < 4.78 is 0. The number of rotatable bonds is 6. The van der Waals surface area contributed by atoms with Crippen LogP contribution in [0.2, 0.25) is 0 Å². The van der Waals surface area contributed by atoms with Crippen LogP contribution >= 0.6 is 11.3 Å². The van der Waals surface area contributed by atoms with Crippen molar-refractivity contribution in [1.82, 2.24) is 10.8 Å². The number of nitrogens with one attached hydrogen (secondary N) is 2. The molecule has 6 heteroatoms. The van der Waals surface area contributed by atoms with Crippen LogP contribution in [0.4, 0.5) is 0 Å². The van der Waals surface area contributed by atoms with Crippen molar-refractivity contribution in [3.63, 3.8) is 0 Å². The Labute approximate surface area is 132 Å². The molecule has 3 N–H and O–H groups in total. The van der Waals surface area contributed by atoms with Crippen LogP contribution in [0.3, 0.4) is 0 Å². The number of carbonyl (C=O) groups is 2. The standard InChI is InChI=1S/C16H18N2O3S/c1-2-6-12(11-7-4-3-5-8-11)17-15(19)13-9-10-14(22-13)16(20)18-21/h3-5,7-10,12,21H,2,6H2,1H3,(H,17,19)(H,18,20)/t12-/m1/s1. The summed E-state index contributed by atoms with van der Waals surface area (Å²) in [6, 6.07) is 12.8. The first kappa shape index (κ1) is 16.2. The lowest BCUT2D eigenvalue weighted by atomic mass is 10.0. The van der Waals surface area contributed by atoms with Crippen LogP contribution in [0.25, 0.3) is 0 Å². The van der Waals surface area contributed by atoms with Crippen molar-refractivity contribution in [2.24, 2.45) is 0 Å². The zero-order chi connectivity index (χ0) is 15.9. The Morgan fingerprint density at radius 2 is 1.73 bits per heavy atom. The predicted octanol–water partition coefficient (Wildman–Crippen LogP) is 3.14. The summed E-state index contributed by atoms with van der Waals surface area (Å²) in [4.78, 5) is 24.4. The molecule has 0 aliphatic heterocycles. The minimum absolute atomic E-state index is 0.0593. The molecule has 2 amide bonds. The van der Waals surface area contributed by atoms with Crippen LogP contribution in [0.5, 0.6) is 0 Å². The maximum atomic E-state index is 12.3. The van der Waals surface area contributed by atoms with Gasteiger partial charge in [0.25, 0.3) is 11.8 Å². The lowest BCUT2D eigenvalue weighted by Crippen LogP contribution is -2.27. The molecule has 0 saturated carbocycles. The minimum Gasteiger partial charge on any atom is -0.345 e. The van der Waals surface area contributed by atoms with E-state index in [0.717, 1.165) is 29.7 Å². The van der Waals surface area contributed by atoms with E-state index >= 15 is 0 Å². The molecule has 1 aromatic heterocycles. The molecule has 1 atom stereocenters. The molecular weight excluding hydrogens is 300 g/mol. The smallest absolute Gasteiger partial charge is 0.284 e. The number of hydrogen-bond acceptors (Lipinski definition) is 4. The SMILES string of the molecule is CCC[C@@H](NC(=O)c1ccc(C(=O)NO)s1)c1ccccc1. The van der Waals surface area contributed by atoms with E-state index in [9.17, 15) is 9.59 Å². The van der Waals surface area contributed by atoms with Crippen LogP contribution in [0, 0.1) is 0 Å². The molecule has 2 rings (SSSR count). The normalized spacial score (nSPS) is 11.7. The van der Waals surface area contributed by atoms with Crippen LogP contribution < -0.4 is 10.8 Å². The molecule has 0 spiro atoms. The minimum atomic E-state index is -0.614. The van der Waals surface area contributed by atoms with E-state index in [0.29, 0.717) is 9.75 Å². The number of hydrogen-bond donors (Lipinski definition) is 3. The lowest BCUT2D eigenvalue weighted by Gasteiger charge is -2.18. The molecule has 0 radical (unpaired) electrons. The average molecular weight is 318 g/mol. The van der Waals surface area contributed by atoms with Gasteiger partial charge in [-0.15, -0.1) is 11.3 Å². The van der Waals surface area contributed by atoms with Crippen LogP contribution in [-0.4, -0.2) is 17.0 Å². The Balaban J connectivity index is 2.11. The molecule has 1 heterocycles. The van der Waals surface area contributed by atoms with Gasteiger partial charge in [0.1, 0.15) is 0 Å². The predicted molar refractivity (Wildman–Crippen MR) is 85.1 cm³/mol. The largest absolute Gasteiger partial charge is 0.345 e. The van der Waals surface area contributed by atoms with Crippen molar-refractivity contribution in [2.75, 3.05) is 0 Å². The van der Waals surface area contributed by atoms with Gasteiger partial charge in [-0.2, -0.15) is 0 Å². The Morgan fingerprint density at radius 3 is 2.32 bits per heavy atom. The first-order valence-electron chi connectivity index (χ1n) is 7.05. The number of benzene rings is 1. The van der Waals surface area contributed by atoms with Crippen LogP contribution in [0.1, 0.15) is 50.7 Å². The maximum Gasteiger partial charge on any atom is 0.284 e. The Morgan fingerprint density at radius 1 is 1.09 bits per heavy atom. The van der Waals surface area contributed by atoms with Gasteiger partial charge < -0.3 is 5.32 Å². The molecule has 0 unspecified atom stereocenters. The fourth-order valence-corrected chi connectivity index (χ4v) is 2.96. The second-order valence-electron chi connectivity index (χ2n) is 4.83. The highest BCUT2D eigenvalue weighted by molar-refractivity contribution is 7.15. The molecule has 0 bridgehead atoms. The maximum absolute atomic E-state index is 12.3. The average Bonchev–Trinajstić information content (AvgIpc) is 3.04. The van der Waals surface area contributed by atoms with Gasteiger partial charge in [0.15, 0.2) is 0 Å². The highest BCUT2D eigenvalue weighted by atomic mass is 32.1. The van der Waals surface area contributed by atoms with Gasteiger partial charge >= 0.3 is 0 Å². The molecular formula is C16H18N2O3S. The van der Waals surface area contributed by atoms with Gasteiger partial charge in [-0.05, 0) is 24.1 Å². The molecule has 0 aliphatic carbocycles.